The summed E-state index contributed by atoms with van der Waals surface area (Å²) in [7, 11) is 0. The first-order chi connectivity index (χ1) is 9.24. The molecule has 1 aromatic heterocycles. The van der Waals surface area contributed by atoms with E-state index < -0.39 is 6.03 Å². The number of aromatic amines is 1. The van der Waals surface area contributed by atoms with Gasteiger partial charge in [0.25, 0.3) is 5.91 Å². The second kappa shape index (κ2) is 4.45. The van der Waals surface area contributed by atoms with E-state index >= 15 is 0 Å². The Morgan fingerprint density at radius 3 is 2.74 bits per heavy atom. The largest absolute Gasteiger partial charge is 0.339 e. The third-order valence-corrected chi connectivity index (χ3v) is 2.75. The number of hydrogen-bond acceptors (Lipinski definition) is 3. The number of hydrazine groups is 1. The van der Waals surface area contributed by atoms with E-state index in [2.05, 4.69) is 20.7 Å². The van der Waals surface area contributed by atoms with Gasteiger partial charge in [0.15, 0.2) is 11.5 Å². The van der Waals surface area contributed by atoms with Crippen LogP contribution in [0.2, 0.25) is 0 Å². The second-order valence-electron chi connectivity index (χ2n) is 4.07. The van der Waals surface area contributed by atoms with Crippen molar-refractivity contribution in [2.75, 3.05) is 5.32 Å². The highest BCUT2D eigenvalue weighted by molar-refractivity contribution is 6.04. The van der Waals surface area contributed by atoms with Crippen LogP contribution in [-0.2, 0) is 6.54 Å². The maximum atomic E-state index is 12.2. The number of imidazole rings is 1. The van der Waals surface area contributed by atoms with E-state index in [1.54, 1.807) is 0 Å². The zero-order chi connectivity index (χ0) is 13.2. The Balaban J connectivity index is 1.89. The number of aromatic nitrogens is 2. The van der Waals surface area contributed by atoms with Crippen LogP contribution in [0, 0.1) is 0 Å². The van der Waals surface area contributed by atoms with E-state index in [0.717, 1.165) is 5.56 Å². The average Bonchev–Trinajstić information content (AvgIpc) is 2.82. The first-order valence-corrected chi connectivity index (χ1v) is 5.71. The third kappa shape index (κ3) is 2.13. The van der Waals surface area contributed by atoms with Gasteiger partial charge in [-0.2, -0.15) is 0 Å². The zero-order valence-electron chi connectivity index (χ0n) is 9.88. The van der Waals surface area contributed by atoms with Gasteiger partial charge in [0.05, 0.1) is 12.9 Å². The van der Waals surface area contributed by atoms with Crippen LogP contribution in [-0.4, -0.2) is 26.9 Å². The summed E-state index contributed by atoms with van der Waals surface area (Å²) < 4.78 is 0. The third-order valence-electron chi connectivity index (χ3n) is 2.75. The van der Waals surface area contributed by atoms with Crippen LogP contribution in [0.15, 0.2) is 36.7 Å². The minimum atomic E-state index is -0.491. The summed E-state index contributed by atoms with van der Waals surface area (Å²) in [5, 5.41) is 3.74. The number of nitrogens with one attached hydrogen (secondary N) is 3. The maximum absolute atomic E-state index is 12.2. The number of H-pyrrole nitrogens is 1. The molecule has 3 N–H and O–H groups in total. The number of nitrogens with zero attached hydrogens (tertiary/aromatic N) is 2. The monoisotopic (exact) mass is 257 g/mol. The molecule has 1 aliphatic rings. The van der Waals surface area contributed by atoms with Crippen molar-refractivity contribution in [3.63, 3.8) is 0 Å². The van der Waals surface area contributed by atoms with E-state index in [4.69, 9.17) is 0 Å². The van der Waals surface area contributed by atoms with E-state index in [1.807, 2.05) is 30.3 Å². The number of carbonyl (C=O) groups excluding carboxylic acids is 2. The minimum absolute atomic E-state index is 0.234. The molecule has 3 rings (SSSR count). The molecular weight excluding hydrogens is 246 g/mol. The topological polar surface area (TPSA) is 90.1 Å². The Labute approximate surface area is 108 Å². The molecule has 7 heteroatoms. The summed E-state index contributed by atoms with van der Waals surface area (Å²) in [5.41, 5.74) is 3.66. The molecule has 2 heterocycles. The van der Waals surface area contributed by atoms with Crippen LogP contribution >= 0.6 is 0 Å². The summed E-state index contributed by atoms with van der Waals surface area (Å²) in [4.78, 5) is 30.5. The molecule has 1 aliphatic heterocycles. The predicted molar refractivity (Wildman–Crippen MR) is 67.1 cm³/mol. The van der Waals surface area contributed by atoms with Gasteiger partial charge < -0.3 is 4.98 Å². The van der Waals surface area contributed by atoms with Crippen molar-refractivity contribution in [3.8, 4) is 0 Å². The molecule has 0 aliphatic carbocycles. The predicted octanol–water partition coefficient (Wildman–Crippen LogP) is 1.10. The van der Waals surface area contributed by atoms with E-state index in [9.17, 15) is 9.59 Å². The number of fused-ring (bicyclic) bond motifs is 1. The molecule has 0 radical (unpaired) electrons. The summed E-state index contributed by atoms with van der Waals surface area (Å²) >= 11 is 0. The van der Waals surface area contributed by atoms with Crippen LogP contribution in [0.25, 0.3) is 0 Å². The highest BCUT2D eigenvalue weighted by atomic mass is 16.2. The van der Waals surface area contributed by atoms with Crippen molar-refractivity contribution >= 4 is 17.8 Å². The minimum Gasteiger partial charge on any atom is -0.339 e. The number of carbonyl (C=O) groups is 2. The lowest BCUT2D eigenvalue weighted by molar-refractivity contribution is 0.0673. The van der Waals surface area contributed by atoms with Crippen molar-refractivity contribution in [2.24, 2.45) is 0 Å². The molecule has 96 valence electrons. The van der Waals surface area contributed by atoms with E-state index in [1.165, 1.54) is 11.3 Å². The first-order valence-electron chi connectivity index (χ1n) is 5.71. The summed E-state index contributed by atoms with van der Waals surface area (Å²) in [6, 6.07) is 8.91. The maximum Gasteiger partial charge on any atom is 0.339 e. The fourth-order valence-electron chi connectivity index (χ4n) is 1.87. The van der Waals surface area contributed by atoms with Crippen molar-refractivity contribution in [2.45, 2.75) is 6.54 Å². The number of anilines is 1. The Hall–Kier alpha value is -2.83. The van der Waals surface area contributed by atoms with Gasteiger partial charge in [-0.3, -0.25) is 10.1 Å². The molecule has 0 atom stereocenters. The van der Waals surface area contributed by atoms with Crippen molar-refractivity contribution in [3.05, 3.63) is 47.9 Å². The van der Waals surface area contributed by atoms with Crippen LogP contribution in [0.5, 0.6) is 0 Å². The van der Waals surface area contributed by atoms with Gasteiger partial charge in [0.1, 0.15) is 0 Å². The normalized spacial score (nSPS) is 14.4. The first kappa shape index (κ1) is 11.3. The van der Waals surface area contributed by atoms with Crippen LogP contribution in [0.3, 0.4) is 0 Å². The highest BCUT2D eigenvalue weighted by Crippen LogP contribution is 2.16. The van der Waals surface area contributed by atoms with Crippen LogP contribution < -0.4 is 10.7 Å². The molecule has 2 aromatic rings. The van der Waals surface area contributed by atoms with Crippen LogP contribution in [0.1, 0.15) is 16.1 Å². The van der Waals surface area contributed by atoms with Gasteiger partial charge in [-0.15, -0.1) is 0 Å². The number of hydrogen-bond donors (Lipinski definition) is 3. The number of rotatable bonds is 2. The van der Waals surface area contributed by atoms with Crippen molar-refractivity contribution < 1.29 is 9.59 Å². The smallest absolute Gasteiger partial charge is 0.339 e. The van der Waals surface area contributed by atoms with Gasteiger partial charge in [0, 0.05) is 0 Å². The molecule has 1 aromatic carbocycles. The molecule has 0 bridgehead atoms. The Kier molecular flexibility index (Phi) is 2.64. The zero-order valence-corrected chi connectivity index (χ0v) is 9.88. The molecule has 0 saturated carbocycles. The molecule has 0 saturated heterocycles. The summed E-state index contributed by atoms with van der Waals surface area (Å²) in [6.45, 7) is 0.283. The highest BCUT2D eigenvalue weighted by Gasteiger charge is 2.27. The van der Waals surface area contributed by atoms with Gasteiger partial charge in [-0.05, 0) is 5.56 Å². The fourth-order valence-corrected chi connectivity index (χ4v) is 1.87. The van der Waals surface area contributed by atoms with Crippen molar-refractivity contribution in [1.29, 1.82) is 0 Å². The molecule has 0 fully saturated rings. The van der Waals surface area contributed by atoms with Gasteiger partial charge in [-0.1, -0.05) is 30.3 Å². The number of benzene rings is 1. The molecule has 7 nitrogen and oxygen atoms in total. The standard InChI is InChI=1S/C12H11N5O2/c18-11-9-10(14-7-13-9)15-12(19)16-17(11)6-8-4-2-1-3-5-8/h1-5,7H,6H2,(H,13,14)(H2,15,16,19). The van der Waals surface area contributed by atoms with Crippen molar-refractivity contribution in [1.82, 2.24) is 20.4 Å². The van der Waals surface area contributed by atoms with E-state index in [-0.39, 0.29) is 24.0 Å². The van der Waals surface area contributed by atoms with Gasteiger partial charge in [0.2, 0.25) is 0 Å². The lowest BCUT2D eigenvalue weighted by Gasteiger charge is -2.20. The SMILES string of the molecule is O=C1Nc2nc[nH]c2C(=O)N(Cc2ccccc2)N1. The Morgan fingerprint density at radius 1 is 1.16 bits per heavy atom. The molecular formula is C12H11N5O2. The molecule has 0 spiro atoms. The lowest BCUT2D eigenvalue weighted by atomic mass is 10.2. The van der Waals surface area contributed by atoms with Crippen LogP contribution in [0.4, 0.5) is 10.6 Å². The summed E-state index contributed by atoms with van der Waals surface area (Å²) in [6.07, 6.45) is 1.37. The van der Waals surface area contributed by atoms with Gasteiger partial charge >= 0.3 is 6.03 Å². The van der Waals surface area contributed by atoms with E-state index in [0.29, 0.717) is 0 Å². The van der Waals surface area contributed by atoms with Gasteiger partial charge in [-0.25, -0.2) is 20.2 Å². The number of amides is 3. The average molecular weight is 257 g/mol. The summed E-state index contributed by atoms with van der Waals surface area (Å²) in [5.74, 6) is -0.104. The fraction of sp³-hybridized carbons (Fsp3) is 0.0833. The Bertz CT molecular complexity index is 622. The Morgan fingerprint density at radius 2 is 1.95 bits per heavy atom. The second-order valence-corrected chi connectivity index (χ2v) is 4.07. The molecule has 3 amide bonds. The molecule has 19 heavy (non-hydrogen) atoms. The quantitative estimate of drug-likeness (QED) is 0.752. The molecule has 0 unspecified atom stereocenters. The number of urea groups is 1. The lowest BCUT2D eigenvalue weighted by Crippen LogP contribution is -2.45.